The molecule has 0 unspecified atom stereocenters. The standard InChI is InChI=1S/C18H19BrN4O2/c1-4-23-16(14(19)10-20-23)11-22(3)18(24)15-9-17(25-21-15)13-7-5-12(2)6-8-13/h5-10H,4,11H2,1-3H3. The highest BCUT2D eigenvalue weighted by Gasteiger charge is 2.20. The van der Waals surface area contributed by atoms with Crippen LogP contribution in [0, 0.1) is 6.92 Å². The number of aryl methyl sites for hydroxylation is 2. The maximum absolute atomic E-state index is 12.6. The zero-order chi connectivity index (χ0) is 18.0. The van der Waals surface area contributed by atoms with E-state index in [4.69, 9.17) is 4.52 Å². The number of hydrogen-bond donors (Lipinski definition) is 0. The van der Waals surface area contributed by atoms with Crippen LogP contribution in [0.2, 0.25) is 0 Å². The van der Waals surface area contributed by atoms with Crippen LogP contribution in [0.1, 0.15) is 28.7 Å². The topological polar surface area (TPSA) is 64.2 Å². The van der Waals surface area contributed by atoms with Gasteiger partial charge < -0.3 is 9.42 Å². The Balaban J connectivity index is 1.76. The van der Waals surface area contributed by atoms with Crippen LogP contribution >= 0.6 is 15.9 Å². The van der Waals surface area contributed by atoms with Crippen molar-refractivity contribution in [2.75, 3.05) is 7.05 Å². The quantitative estimate of drug-likeness (QED) is 0.648. The van der Waals surface area contributed by atoms with Crippen LogP contribution in [0.4, 0.5) is 0 Å². The Labute approximate surface area is 154 Å². The van der Waals surface area contributed by atoms with Gasteiger partial charge in [-0.3, -0.25) is 9.48 Å². The molecule has 1 amide bonds. The Kier molecular flexibility index (Phi) is 5.03. The molecule has 0 N–H and O–H groups in total. The molecule has 130 valence electrons. The van der Waals surface area contributed by atoms with Crippen molar-refractivity contribution in [3.05, 3.63) is 58.0 Å². The van der Waals surface area contributed by atoms with Gasteiger partial charge in [-0.05, 0) is 29.8 Å². The van der Waals surface area contributed by atoms with E-state index in [1.165, 1.54) is 0 Å². The third-order valence-corrected chi connectivity index (χ3v) is 4.66. The molecule has 6 nitrogen and oxygen atoms in total. The minimum atomic E-state index is -0.196. The lowest BCUT2D eigenvalue weighted by molar-refractivity contribution is 0.0771. The highest BCUT2D eigenvalue weighted by Crippen LogP contribution is 2.22. The second-order valence-corrected chi connectivity index (χ2v) is 6.71. The molecule has 0 saturated heterocycles. The number of hydrogen-bond acceptors (Lipinski definition) is 4. The lowest BCUT2D eigenvalue weighted by Gasteiger charge is -2.16. The largest absolute Gasteiger partial charge is 0.355 e. The van der Waals surface area contributed by atoms with E-state index in [0.717, 1.165) is 27.8 Å². The van der Waals surface area contributed by atoms with Crippen molar-refractivity contribution in [3.63, 3.8) is 0 Å². The van der Waals surface area contributed by atoms with E-state index >= 15 is 0 Å². The van der Waals surface area contributed by atoms with E-state index in [9.17, 15) is 4.79 Å². The summed E-state index contributed by atoms with van der Waals surface area (Å²) in [5.74, 6) is 0.384. The zero-order valence-corrected chi connectivity index (χ0v) is 15.9. The average molecular weight is 403 g/mol. The fourth-order valence-corrected chi connectivity index (χ4v) is 2.96. The summed E-state index contributed by atoms with van der Waals surface area (Å²) in [7, 11) is 1.74. The summed E-state index contributed by atoms with van der Waals surface area (Å²) in [4.78, 5) is 14.2. The van der Waals surface area contributed by atoms with E-state index in [0.29, 0.717) is 12.3 Å². The predicted molar refractivity (Wildman–Crippen MR) is 98.1 cm³/mol. The first kappa shape index (κ1) is 17.4. The molecule has 0 spiro atoms. The number of carbonyl (C=O) groups is 1. The van der Waals surface area contributed by atoms with Crippen LogP contribution in [0.5, 0.6) is 0 Å². The fraction of sp³-hybridized carbons (Fsp3) is 0.278. The zero-order valence-electron chi connectivity index (χ0n) is 14.4. The van der Waals surface area contributed by atoms with Gasteiger partial charge in [-0.25, -0.2) is 0 Å². The second-order valence-electron chi connectivity index (χ2n) is 5.86. The summed E-state index contributed by atoms with van der Waals surface area (Å²) in [6, 6.07) is 9.56. The summed E-state index contributed by atoms with van der Waals surface area (Å²) in [5, 5.41) is 8.20. The van der Waals surface area contributed by atoms with E-state index in [2.05, 4.69) is 26.2 Å². The van der Waals surface area contributed by atoms with Crippen LogP contribution < -0.4 is 0 Å². The van der Waals surface area contributed by atoms with E-state index in [-0.39, 0.29) is 11.6 Å². The van der Waals surface area contributed by atoms with E-state index in [1.54, 1.807) is 24.2 Å². The summed E-state index contributed by atoms with van der Waals surface area (Å²) in [5.41, 5.74) is 3.29. The number of rotatable bonds is 5. The molecule has 3 aromatic rings. The summed E-state index contributed by atoms with van der Waals surface area (Å²) in [6.45, 7) is 5.20. The molecule has 7 heteroatoms. The van der Waals surface area contributed by atoms with Gasteiger partial charge in [0, 0.05) is 25.2 Å². The van der Waals surface area contributed by atoms with Crippen LogP contribution in [0.3, 0.4) is 0 Å². The van der Waals surface area contributed by atoms with Crippen molar-refractivity contribution in [2.45, 2.75) is 26.9 Å². The maximum Gasteiger partial charge on any atom is 0.276 e. The van der Waals surface area contributed by atoms with Gasteiger partial charge in [0.2, 0.25) is 0 Å². The van der Waals surface area contributed by atoms with Gasteiger partial charge in [0.15, 0.2) is 11.5 Å². The minimum absolute atomic E-state index is 0.196. The number of amides is 1. The molecule has 3 rings (SSSR count). The van der Waals surface area contributed by atoms with Crippen LogP contribution in [0.15, 0.2) is 45.5 Å². The number of halogens is 1. The number of aromatic nitrogens is 3. The van der Waals surface area contributed by atoms with Crippen LogP contribution in [-0.4, -0.2) is 32.8 Å². The van der Waals surface area contributed by atoms with Crippen LogP contribution in [-0.2, 0) is 13.1 Å². The molecule has 25 heavy (non-hydrogen) atoms. The summed E-state index contributed by atoms with van der Waals surface area (Å²) >= 11 is 3.48. The van der Waals surface area contributed by atoms with E-state index in [1.807, 2.05) is 42.8 Å². The van der Waals surface area contributed by atoms with Gasteiger partial charge in [-0.2, -0.15) is 5.10 Å². The average Bonchev–Trinajstić information content (AvgIpc) is 3.23. The molecule has 0 fully saturated rings. The fourth-order valence-electron chi connectivity index (χ4n) is 2.54. The van der Waals surface area contributed by atoms with Gasteiger partial charge in [0.25, 0.3) is 5.91 Å². The molecule has 0 radical (unpaired) electrons. The molecule has 2 heterocycles. The number of nitrogens with zero attached hydrogens (tertiary/aromatic N) is 4. The Morgan fingerprint density at radius 2 is 2.04 bits per heavy atom. The monoisotopic (exact) mass is 402 g/mol. The molecule has 0 aliphatic carbocycles. The third-order valence-electron chi connectivity index (χ3n) is 4.00. The first-order chi connectivity index (χ1) is 12.0. The Morgan fingerprint density at radius 3 is 2.72 bits per heavy atom. The Morgan fingerprint density at radius 1 is 1.32 bits per heavy atom. The van der Waals surface area contributed by atoms with Crippen molar-refractivity contribution in [1.82, 2.24) is 19.8 Å². The molecule has 0 atom stereocenters. The maximum atomic E-state index is 12.6. The van der Waals surface area contributed by atoms with Gasteiger partial charge in [0.1, 0.15) is 0 Å². The molecule has 0 aliphatic rings. The molecule has 1 aromatic carbocycles. The highest BCUT2D eigenvalue weighted by atomic mass is 79.9. The lowest BCUT2D eigenvalue weighted by Crippen LogP contribution is -2.27. The molecule has 2 aromatic heterocycles. The predicted octanol–water partition coefficient (Wildman–Crippen LogP) is 3.90. The van der Waals surface area contributed by atoms with Gasteiger partial charge >= 0.3 is 0 Å². The molecular formula is C18H19BrN4O2. The van der Waals surface area contributed by atoms with Crippen molar-refractivity contribution in [2.24, 2.45) is 0 Å². The second kappa shape index (κ2) is 7.23. The third kappa shape index (κ3) is 3.66. The van der Waals surface area contributed by atoms with E-state index < -0.39 is 0 Å². The molecular weight excluding hydrogens is 384 g/mol. The Hall–Kier alpha value is -2.41. The van der Waals surface area contributed by atoms with Crippen LogP contribution in [0.25, 0.3) is 11.3 Å². The number of benzene rings is 1. The van der Waals surface area contributed by atoms with Crippen molar-refractivity contribution in [1.29, 1.82) is 0 Å². The highest BCUT2D eigenvalue weighted by molar-refractivity contribution is 9.10. The van der Waals surface area contributed by atoms with Crippen molar-refractivity contribution in [3.8, 4) is 11.3 Å². The smallest absolute Gasteiger partial charge is 0.276 e. The first-order valence-corrected chi connectivity index (χ1v) is 8.78. The first-order valence-electron chi connectivity index (χ1n) is 7.99. The molecule has 0 saturated carbocycles. The van der Waals surface area contributed by atoms with Crippen molar-refractivity contribution < 1.29 is 9.32 Å². The molecule has 0 bridgehead atoms. The van der Waals surface area contributed by atoms with Gasteiger partial charge in [-0.15, -0.1) is 0 Å². The molecule has 0 aliphatic heterocycles. The number of carbonyl (C=O) groups excluding carboxylic acids is 1. The SMILES string of the molecule is CCn1ncc(Br)c1CN(C)C(=O)c1cc(-c2ccc(C)cc2)on1. The normalized spacial score (nSPS) is 10.9. The lowest BCUT2D eigenvalue weighted by atomic mass is 10.1. The van der Waals surface area contributed by atoms with Crippen molar-refractivity contribution >= 4 is 21.8 Å². The minimum Gasteiger partial charge on any atom is -0.355 e. The summed E-state index contributed by atoms with van der Waals surface area (Å²) in [6.07, 6.45) is 1.74. The Bertz CT molecular complexity index is 883. The summed E-state index contributed by atoms with van der Waals surface area (Å²) < 4.78 is 8.08. The van der Waals surface area contributed by atoms with Gasteiger partial charge in [0.05, 0.1) is 22.9 Å². The van der Waals surface area contributed by atoms with Gasteiger partial charge in [-0.1, -0.05) is 35.0 Å².